The Morgan fingerprint density at radius 3 is 2.52 bits per heavy atom. The van der Waals surface area contributed by atoms with Gasteiger partial charge in [0.2, 0.25) is 5.91 Å². The van der Waals surface area contributed by atoms with Crippen molar-refractivity contribution in [1.29, 1.82) is 0 Å². The second kappa shape index (κ2) is 8.21. The van der Waals surface area contributed by atoms with Crippen LogP contribution in [0.3, 0.4) is 0 Å². The highest BCUT2D eigenvalue weighted by Gasteiger charge is 2.16. The predicted octanol–water partition coefficient (Wildman–Crippen LogP) is -0.287. The summed E-state index contributed by atoms with van der Waals surface area (Å²) in [6, 6.07) is 4.77. The molecule has 0 unspecified atom stereocenters. The van der Waals surface area contributed by atoms with E-state index in [0.29, 0.717) is 13.1 Å². The number of aromatic nitrogens is 1. The summed E-state index contributed by atoms with van der Waals surface area (Å²) in [5, 5.41) is 8.86. The molecule has 1 heterocycles. The number of aryl methyl sites for hydroxylation is 1. The van der Waals surface area contributed by atoms with Crippen LogP contribution in [0.5, 0.6) is 0 Å². The molecule has 0 saturated carbocycles. The van der Waals surface area contributed by atoms with Gasteiger partial charge in [-0.05, 0) is 20.2 Å². The van der Waals surface area contributed by atoms with Gasteiger partial charge < -0.3 is 19.5 Å². The molecule has 0 saturated heterocycles. The summed E-state index contributed by atoms with van der Waals surface area (Å²) in [4.78, 5) is 37.6. The zero-order chi connectivity index (χ0) is 15.8. The first-order valence-electron chi connectivity index (χ1n) is 6.70. The number of amides is 1. The molecule has 0 spiro atoms. The molecule has 1 aromatic heterocycles. The number of carboxylic acid groups (broad SMARTS) is 1. The number of aliphatic carboxylic acids is 1. The SMILES string of the molecule is CN(C)CCN(CC(=O)O)C(=O)CCn1ccccc1=O. The first-order chi connectivity index (χ1) is 9.90. The monoisotopic (exact) mass is 295 g/mol. The lowest BCUT2D eigenvalue weighted by Crippen LogP contribution is -2.40. The molecule has 1 aromatic rings. The lowest BCUT2D eigenvalue weighted by Gasteiger charge is -2.22. The molecular formula is C14H21N3O4. The maximum atomic E-state index is 12.1. The zero-order valence-corrected chi connectivity index (χ0v) is 12.4. The van der Waals surface area contributed by atoms with Crippen molar-refractivity contribution >= 4 is 11.9 Å². The first kappa shape index (κ1) is 16.9. The van der Waals surface area contributed by atoms with Crippen molar-refractivity contribution in [3.05, 3.63) is 34.7 Å². The summed E-state index contributed by atoms with van der Waals surface area (Å²) >= 11 is 0. The number of hydrogen-bond donors (Lipinski definition) is 1. The molecule has 7 heteroatoms. The number of carbonyl (C=O) groups is 2. The molecule has 0 aromatic carbocycles. The van der Waals surface area contributed by atoms with E-state index in [9.17, 15) is 14.4 Å². The van der Waals surface area contributed by atoms with Gasteiger partial charge in [0.1, 0.15) is 6.54 Å². The molecule has 0 aliphatic rings. The van der Waals surface area contributed by atoms with E-state index in [2.05, 4.69) is 0 Å². The highest BCUT2D eigenvalue weighted by atomic mass is 16.4. The van der Waals surface area contributed by atoms with Crippen LogP contribution in [0.1, 0.15) is 6.42 Å². The minimum Gasteiger partial charge on any atom is -0.480 e. The van der Waals surface area contributed by atoms with Crippen LogP contribution in [0.25, 0.3) is 0 Å². The van der Waals surface area contributed by atoms with Gasteiger partial charge in [0.05, 0.1) is 0 Å². The Morgan fingerprint density at radius 2 is 1.95 bits per heavy atom. The van der Waals surface area contributed by atoms with Gasteiger partial charge >= 0.3 is 5.97 Å². The topological polar surface area (TPSA) is 82.8 Å². The van der Waals surface area contributed by atoms with Crippen molar-refractivity contribution in [3.8, 4) is 0 Å². The van der Waals surface area contributed by atoms with Crippen molar-refractivity contribution in [2.75, 3.05) is 33.7 Å². The van der Waals surface area contributed by atoms with Gasteiger partial charge in [-0.3, -0.25) is 14.4 Å². The van der Waals surface area contributed by atoms with E-state index in [0.717, 1.165) is 0 Å². The Labute approximate surface area is 123 Å². The summed E-state index contributed by atoms with van der Waals surface area (Å²) in [5.41, 5.74) is -0.177. The van der Waals surface area contributed by atoms with Crippen LogP contribution in [0.4, 0.5) is 0 Å². The van der Waals surface area contributed by atoms with Crippen LogP contribution in [0.15, 0.2) is 29.2 Å². The van der Waals surface area contributed by atoms with Crippen molar-refractivity contribution in [2.24, 2.45) is 0 Å². The van der Waals surface area contributed by atoms with E-state index in [1.807, 2.05) is 19.0 Å². The fraction of sp³-hybridized carbons (Fsp3) is 0.500. The van der Waals surface area contributed by atoms with Crippen molar-refractivity contribution in [3.63, 3.8) is 0 Å². The van der Waals surface area contributed by atoms with Crippen molar-refractivity contribution in [1.82, 2.24) is 14.4 Å². The van der Waals surface area contributed by atoms with Gasteiger partial charge in [0.25, 0.3) is 5.56 Å². The first-order valence-corrected chi connectivity index (χ1v) is 6.70. The Morgan fingerprint density at radius 1 is 1.24 bits per heavy atom. The van der Waals surface area contributed by atoms with Crippen LogP contribution >= 0.6 is 0 Å². The molecule has 21 heavy (non-hydrogen) atoms. The van der Waals surface area contributed by atoms with E-state index >= 15 is 0 Å². The van der Waals surface area contributed by atoms with Crippen LogP contribution in [0.2, 0.25) is 0 Å². The molecular weight excluding hydrogens is 274 g/mol. The smallest absolute Gasteiger partial charge is 0.323 e. The fourth-order valence-electron chi connectivity index (χ4n) is 1.80. The molecule has 0 radical (unpaired) electrons. The lowest BCUT2D eigenvalue weighted by atomic mass is 10.3. The minimum atomic E-state index is -1.04. The number of likely N-dealkylation sites (N-methyl/N-ethyl adjacent to an activating group) is 1. The van der Waals surface area contributed by atoms with Crippen molar-refractivity contribution in [2.45, 2.75) is 13.0 Å². The molecule has 0 aliphatic carbocycles. The molecule has 0 atom stereocenters. The van der Waals surface area contributed by atoms with Crippen LogP contribution in [-0.4, -0.2) is 65.1 Å². The average molecular weight is 295 g/mol. The van der Waals surface area contributed by atoms with Gasteiger partial charge in [0.15, 0.2) is 0 Å². The lowest BCUT2D eigenvalue weighted by molar-refractivity contribution is -0.144. The van der Waals surface area contributed by atoms with Gasteiger partial charge in [-0.1, -0.05) is 6.07 Å². The second-order valence-corrected chi connectivity index (χ2v) is 4.99. The maximum Gasteiger partial charge on any atom is 0.323 e. The van der Waals surface area contributed by atoms with Gasteiger partial charge in [-0.2, -0.15) is 0 Å². The molecule has 7 nitrogen and oxygen atoms in total. The molecule has 0 fully saturated rings. The summed E-state index contributed by atoms with van der Waals surface area (Å²) in [6.45, 7) is 0.860. The average Bonchev–Trinajstić information content (AvgIpc) is 2.41. The third kappa shape index (κ3) is 6.22. The van der Waals surface area contributed by atoms with Crippen LogP contribution in [-0.2, 0) is 16.1 Å². The number of hydrogen-bond acceptors (Lipinski definition) is 4. The zero-order valence-electron chi connectivity index (χ0n) is 12.4. The van der Waals surface area contributed by atoms with Gasteiger partial charge in [-0.15, -0.1) is 0 Å². The maximum absolute atomic E-state index is 12.1. The standard InChI is InChI=1S/C14H21N3O4/c1-15(2)9-10-17(11-14(20)21)13(19)6-8-16-7-4-3-5-12(16)18/h3-5,7H,6,8-11H2,1-2H3,(H,20,21). The van der Waals surface area contributed by atoms with Gasteiger partial charge in [0, 0.05) is 38.3 Å². The Bertz CT molecular complexity index is 539. The molecule has 1 rings (SSSR count). The van der Waals surface area contributed by atoms with E-state index < -0.39 is 5.97 Å². The fourth-order valence-corrected chi connectivity index (χ4v) is 1.80. The molecule has 1 amide bonds. The van der Waals surface area contributed by atoms with Crippen LogP contribution in [0, 0.1) is 0 Å². The number of carboxylic acids is 1. The highest BCUT2D eigenvalue weighted by Crippen LogP contribution is 1.98. The molecule has 0 bridgehead atoms. The van der Waals surface area contributed by atoms with E-state index in [1.54, 1.807) is 18.3 Å². The number of rotatable bonds is 8. The van der Waals surface area contributed by atoms with E-state index in [4.69, 9.17) is 5.11 Å². The Balaban J connectivity index is 2.61. The normalized spacial score (nSPS) is 10.6. The number of nitrogens with zero attached hydrogens (tertiary/aromatic N) is 3. The summed E-state index contributed by atoms with van der Waals surface area (Å²) in [7, 11) is 3.71. The largest absolute Gasteiger partial charge is 0.480 e. The third-order valence-corrected chi connectivity index (χ3v) is 2.96. The van der Waals surface area contributed by atoms with Crippen molar-refractivity contribution < 1.29 is 14.7 Å². The van der Waals surface area contributed by atoms with E-state index in [1.165, 1.54) is 15.5 Å². The summed E-state index contributed by atoms with van der Waals surface area (Å²) < 4.78 is 1.43. The highest BCUT2D eigenvalue weighted by molar-refractivity contribution is 5.81. The molecule has 0 aliphatic heterocycles. The second-order valence-electron chi connectivity index (χ2n) is 4.99. The van der Waals surface area contributed by atoms with Gasteiger partial charge in [-0.25, -0.2) is 0 Å². The summed E-state index contributed by atoms with van der Waals surface area (Å²) in [6.07, 6.45) is 1.71. The number of pyridine rings is 1. The quantitative estimate of drug-likeness (QED) is 0.713. The minimum absolute atomic E-state index is 0.102. The van der Waals surface area contributed by atoms with Crippen LogP contribution < -0.4 is 5.56 Å². The summed E-state index contributed by atoms with van der Waals surface area (Å²) in [5.74, 6) is -1.31. The third-order valence-electron chi connectivity index (χ3n) is 2.96. The van der Waals surface area contributed by atoms with E-state index in [-0.39, 0.29) is 31.0 Å². The predicted molar refractivity (Wildman–Crippen MR) is 78.1 cm³/mol. The molecule has 116 valence electrons. The Hall–Kier alpha value is -2.15. The molecule has 1 N–H and O–H groups in total. The number of carbonyl (C=O) groups excluding carboxylic acids is 1. The Kier molecular flexibility index (Phi) is 6.61.